The van der Waals surface area contributed by atoms with Crippen molar-refractivity contribution in [1.82, 2.24) is 15.0 Å². The van der Waals surface area contributed by atoms with Gasteiger partial charge in [0.2, 0.25) is 17.1 Å². The quantitative estimate of drug-likeness (QED) is 0.853. The van der Waals surface area contributed by atoms with Gasteiger partial charge < -0.3 is 9.32 Å². The number of aromatic nitrogens is 3. The van der Waals surface area contributed by atoms with Crippen LogP contribution in [0.2, 0.25) is 5.28 Å². The first-order valence-corrected chi connectivity index (χ1v) is 5.57. The maximum absolute atomic E-state index is 5.82. The van der Waals surface area contributed by atoms with Crippen molar-refractivity contribution in [3.8, 4) is 11.6 Å². The van der Waals surface area contributed by atoms with Gasteiger partial charge in [-0.25, -0.2) is 0 Å². The average molecular weight is 304 g/mol. The smallest absolute Gasteiger partial charge is 0.229 e. The van der Waals surface area contributed by atoms with Gasteiger partial charge in [0.25, 0.3) is 0 Å². The normalized spacial score (nSPS) is 10.5. The molecular formula is C9H8BrClN4O. The molecule has 2 heterocycles. The van der Waals surface area contributed by atoms with E-state index in [4.69, 9.17) is 16.0 Å². The Bertz CT molecular complexity index is 514. The zero-order valence-electron chi connectivity index (χ0n) is 8.61. The molecule has 2 aromatic rings. The number of nitrogens with zero attached hydrogens (tertiary/aromatic N) is 4. The summed E-state index contributed by atoms with van der Waals surface area (Å²) in [6, 6.07) is 1.77. The van der Waals surface area contributed by atoms with E-state index in [1.807, 2.05) is 14.1 Å². The molecule has 0 aliphatic rings. The molecule has 0 fully saturated rings. The summed E-state index contributed by atoms with van der Waals surface area (Å²) in [5.41, 5.74) is 0. The third-order valence-corrected chi connectivity index (χ3v) is 2.61. The first-order chi connectivity index (χ1) is 7.58. The van der Waals surface area contributed by atoms with Crippen molar-refractivity contribution in [2.75, 3.05) is 19.0 Å². The summed E-state index contributed by atoms with van der Waals surface area (Å²) in [6.45, 7) is 0. The summed E-state index contributed by atoms with van der Waals surface area (Å²) in [5.74, 6) is 1.42. The Morgan fingerprint density at radius 1 is 1.31 bits per heavy atom. The molecule has 0 unspecified atom stereocenters. The van der Waals surface area contributed by atoms with Crippen LogP contribution in [0.25, 0.3) is 11.6 Å². The zero-order chi connectivity index (χ0) is 11.7. The summed E-state index contributed by atoms with van der Waals surface area (Å²) in [5, 5.41) is 0.136. The second-order valence-electron chi connectivity index (χ2n) is 3.22. The minimum absolute atomic E-state index is 0.136. The lowest BCUT2D eigenvalue weighted by Crippen LogP contribution is -2.13. The van der Waals surface area contributed by atoms with E-state index in [-0.39, 0.29) is 5.28 Å². The van der Waals surface area contributed by atoms with E-state index in [0.717, 1.165) is 4.47 Å². The van der Waals surface area contributed by atoms with E-state index in [2.05, 4.69) is 30.9 Å². The molecule has 16 heavy (non-hydrogen) atoms. The SMILES string of the molecule is CN(C)c1nc(Cl)nc(-c2occc2Br)n1. The van der Waals surface area contributed by atoms with Crippen molar-refractivity contribution in [2.45, 2.75) is 0 Å². The third kappa shape index (κ3) is 2.17. The molecular weight excluding hydrogens is 295 g/mol. The Balaban J connectivity index is 2.54. The molecule has 0 saturated carbocycles. The standard InChI is InChI=1S/C9H8BrClN4O/c1-15(2)9-13-7(12-8(11)14-9)6-5(10)3-4-16-6/h3-4H,1-2H3. The van der Waals surface area contributed by atoms with Crippen LogP contribution in [-0.4, -0.2) is 29.0 Å². The van der Waals surface area contributed by atoms with Crippen molar-refractivity contribution >= 4 is 33.5 Å². The lowest BCUT2D eigenvalue weighted by Gasteiger charge is -2.10. The molecule has 0 atom stereocenters. The van der Waals surface area contributed by atoms with Crippen LogP contribution in [0.3, 0.4) is 0 Å². The molecule has 0 N–H and O–H groups in total. The second-order valence-corrected chi connectivity index (χ2v) is 4.41. The van der Waals surface area contributed by atoms with Crippen molar-refractivity contribution in [1.29, 1.82) is 0 Å². The number of furan rings is 1. The van der Waals surface area contributed by atoms with Crippen molar-refractivity contribution in [3.63, 3.8) is 0 Å². The Morgan fingerprint density at radius 2 is 2.06 bits per heavy atom. The van der Waals surface area contributed by atoms with E-state index >= 15 is 0 Å². The van der Waals surface area contributed by atoms with Gasteiger partial charge in [-0.1, -0.05) is 0 Å². The first kappa shape index (κ1) is 11.3. The van der Waals surface area contributed by atoms with Gasteiger partial charge in [0.15, 0.2) is 5.76 Å². The summed E-state index contributed by atoms with van der Waals surface area (Å²) in [7, 11) is 3.65. The van der Waals surface area contributed by atoms with Gasteiger partial charge in [0.1, 0.15) is 0 Å². The van der Waals surface area contributed by atoms with Crippen LogP contribution < -0.4 is 4.90 Å². The number of hydrogen-bond donors (Lipinski definition) is 0. The minimum atomic E-state index is 0.136. The van der Waals surface area contributed by atoms with Crippen LogP contribution in [-0.2, 0) is 0 Å². The van der Waals surface area contributed by atoms with Crippen LogP contribution in [0.5, 0.6) is 0 Å². The maximum Gasteiger partial charge on any atom is 0.229 e. The fraction of sp³-hybridized carbons (Fsp3) is 0.222. The largest absolute Gasteiger partial charge is 0.460 e. The second kappa shape index (κ2) is 4.39. The third-order valence-electron chi connectivity index (χ3n) is 1.82. The van der Waals surface area contributed by atoms with Gasteiger partial charge >= 0.3 is 0 Å². The Morgan fingerprint density at radius 3 is 2.62 bits per heavy atom. The highest BCUT2D eigenvalue weighted by molar-refractivity contribution is 9.10. The van der Waals surface area contributed by atoms with Crippen LogP contribution in [0.4, 0.5) is 5.95 Å². The molecule has 0 aliphatic heterocycles. The fourth-order valence-corrected chi connectivity index (χ4v) is 1.63. The molecule has 0 aromatic carbocycles. The summed E-state index contributed by atoms with van der Waals surface area (Å²) >= 11 is 9.16. The van der Waals surface area contributed by atoms with E-state index in [9.17, 15) is 0 Å². The highest BCUT2D eigenvalue weighted by Crippen LogP contribution is 2.27. The van der Waals surface area contributed by atoms with Gasteiger partial charge in [-0.3, -0.25) is 0 Å². The monoisotopic (exact) mass is 302 g/mol. The lowest BCUT2D eigenvalue weighted by molar-refractivity contribution is 0.575. The van der Waals surface area contributed by atoms with E-state index in [1.54, 1.807) is 17.2 Å². The fourth-order valence-electron chi connectivity index (χ4n) is 1.09. The minimum Gasteiger partial charge on any atom is -0.460 e. The van der Waals surface area contributed by atoms with Crippen LogP contribution >= 0.6 is 27.5 Å². The molecule has 0 saturated heterocycles. The van der Waals surface area contributed by atoms with Crippen LogP contribution in [0.1, 0.15) is 0 Å². The maximum atomic E-state index is 5.82. The van der Waals surface area contributed by atoms with E-state index in [0.29, 0.717) is 17.5 Å². The molecule has 0 bridgehead atoms. The van der Waals surface area contributed by atoms with Crippen LogP contribution in [0, 0.1) is 0 Å². The predicted octanol–water partition coefficient (Wildman–Crippen LogP) is 2.61. The highest BCUT2D eigenvalue weighted by Gasteiger charge is 2.13. The summed E-state index contributed by atoms with van der Waals surface area (Å²) in [4.78, 5) is 14.0. The van der Waals surface area contributed by atoms with Gasteiger partial charge in [-0.05, 0) is 33.6 Å². The molecule has 0 aliphatic carbocycles. The predicted molar refractivity (Wildman–Crippen MR) is 64.6 cm³/mol. The topological polar surface area (TPSA) is 55.1 Å². The molecule has 5 nitrogen and oxygen atoms in total. The summed E-state index contributed by atoms with van der Waals surface area (Å²) in [6.07, 6.45) is 1.55. The van der Waals surface area contributed by atoms with Gasteiger partial charge in [-0.15, -0.1) is 0 Å². The van der Waals surface area contributed by atoms with E-state index < -0.39 is 0 Å². The Labute approximate surface area is 106 Å². The van der Waals surface area contributed by atoms with Crippen molar-refractivity contribution < 1.29 is 4.42 Å². The van der Waals surface area contributed by atoms with Crippen molar-refractivity contribution in [3.05, 3.63) is 22.1 Å². The average Bonchev–Trinajstić information content (AvgIpc) is 2.63. The highest BCUT2D eigenvalue weighted by atomic mass is 79.9. The van der Waals surface area contributed by atoms with E-state index in [1.165, 1.54) is 0 Å². The Hall–Kier alpha value is -1.14. The first-order valence-electron chi connectivity index (χ1n) is 4.40. The molecule has 2 rings (SSSR count). The number of halogens is 2. The number of anilines is 1. The van der Waals surface area contributed by atoms with Gasteiger partial charge in [0.05, 0.1) is 10.7 Å². The molecule has 0 amide bonds. The zero-order valence-corrected chi connectivity index (χ0v) is 10.9. The van der Waals surface area contributed by atoms with Gasteiger partial charge in [0, 0.05) is 14.1 Å². The molecule has 0 spiro atoms. The van der Waals surface area contributed by atoms with Crippen LogP contribution in [0.15, 0.2) is 21.2 Å². The molecule has 84 valence electrons. The number of hydrogen-bond acceptors (Lipinski definition) is 5. The summed E-state index contributed by atoms with van der Waals surface area (Å²) < 4.78 is 6.04. The Kier molecular flexibility index (Phi) is 3.11. The molecule has 0 radical (unpaired) electrons. The van der Waals surface area contributed by atoms with Crippen molar-refractivity contribution in [2.24, 2.45) is 0 Å². The van der Waals surface area contributed by atoms with Gasteiger partial charge in [-0.2, -0.15) is 15.0 Å². The molecule has 2 aromatic heterocycles. The lowest BCUT2D eigenvalue weighted by atomic mass is 10.4. The molecule has 7 heteroatoms. The number of rotatable bonds is 2.